The maximum atomic E-state index is 11.6. The first-order valence-electron chi connectivity index (χ1n) is 5.74. The number of hydrogen-bond donors (Lipinski definition) is 0. The number of methoxy groups -OCH3 is 2. The minimum absolute atomic E-state index is 0.0321. The van der Waals surface area contributed by atoms with Gasteiger partial charge in [-0.3, -0.25) is 4.79 Å². The first-order valence-corrected chi connectivity index (χ1v) is 5.74. The fourth-order valence-electron chi connectivity index (χ4n) is 2.00. The van der Waals surface area contributed by atoms with Crippen molar-refractivity contribution in [2.24, 2.45) is 0 Å². The molecule has 0 unspecified atom stereocenters. The van der Waals surface area contributed by atoms with Crippen molar-refractivity contribution in [1.29, 1.82) is 0 Å². The average Bonchev–Trinajstić information content (AvgIpc) is 2.39. The van der Waals surface area contributed by atoms with Gasteiger partial charge < -0.3 is 13.9 Å². The van der Waals surface area contributed by atoms with E-state index in [2.05, 4.69) is 4.74 Å². The van der Waals surface area contributed by atoms with Gasteiger partial charge in [-0.05, 0) is 24.6 Å². The molecule has 0 radical (unpaired) electrons. The lowest BCUT2D eigenvalue weighted by Crippen LogP contribution is -2.09. The number of fused-ring (bicyclic) bond motifs is 1. The van der Waals surface area contributed by atoms with Gasteiger partial charge in [-0.2, -0.15) is 0 Å². The van der Waals surface area contributed by atoms with Gasteiger partial charge in [0.25, 0.3) is 0 Å². The molecule has 0 fully saturated rings. The van der Waals surface area contributed by atoms with E-state index < -0.39 is 11.6 Å². The Hall–Kier alpha value is -2.30. The van der Waals surface area contributed by atoms with E-state index in [1.807, 2.05) is 0 Å². The summed E-state index contributed by atoms with van der Waals surface area (Å²) in [7, 11) is 2.86. The van der Waals surface area contributed by atoms with E-state index in [1.165, 1.54) is 13.2 Å². The minimum atomic E-state index is -0.497. The van der Waals surface area contributed by atoms with Gasteiger partial charge in [0.1, 0.15) is 11.3 Å². The highest BCUT2D eigenvalue weighted by Crippen LogP contribution is 2.28. The molecule has 5 heteroatoms. The van der Waals surface area contributed by atoms with Crippen LogP contribution in [-0.2, 0) is 16.0 Å². The normalized spacial score (nSPS) is 10.5. The molecule has 0 bridgehead atoms. The van der Waals surface area contributed by atoms with Crippen LogP contribution in [0.15, 0.2) is 27.4 Å². The Labute approximate surface area is 109 Å². The van der Waals surface area contributed by atoms with E-state index in [4.69, 9.17) is 9.15 Å². The largest absolute Gasteiger partial charge is 0.496 e. The first-order chi connectivity index (χ1) is 9.06. The number of carbonyl (C=O) groups is 1. The smallest absolute Gasteiger partial charge is 0.336 e. The summed E-state index contributed by atoms with van der Waals surface area (Å²) in [6, 6.07) is 4.85. The summed E-state index contributed by atoms with van der Waals surface area (Å²) in [4.78, 5) is 22.9. The molecule has 0 aliphatic heterocycles. The molecule has 0 atom stereocenters. The van der Waals surface area contributed by atoms with Crippen molar-refractivity contribution in [1.82, 2.24) is 0 Å². The van der Waals surface area contributed by atoms with Crippen LogP contribution in [0.2, 0.25) is 0 Å². The molecule has 0 aliphatic carbocycles. The second-order valence-corrected chi connectivity index (χ2v) is 4.11. The molecule has 0 N–H and O–H groups in total. The standard InChI is InChI=1S/C14H14O5/c1-8-11(17-2)5-4-10-9(6-12(15)18-3)7-13(16)19-14(8)10/h4-5,7H,6H2,1-3H3. The van der Waals surface area contributed by atoms with Crippen molar-refractivity contribution in [3.05, 3.63) is 39.7 Å². The Kier molecular flexibility index (Phi) is 3.55. The van der Waals surface area contributed by atoms with Crippen LogP contribution in [0.4, 0.5) is 0 Å². The Balaban J connectivity index is 2.69. The molecule has 5 nitrogen and oxygen atoms in total. The van der Waals surface area contributed by atoms with Gasteiger partial charge >= 0.3 is 11.6 Å². The van der Waals surface area contributed by atoms with Gasteiger partial charge in [0.2, 0.25) is 0 Å². The number of benzene rings is 1. The van der Waals surface area contributed by atoms with Crippen LogP contribution in [0.1, 0.15) is 11.1 Å². The summed E-state index contributed by atoms with van der Waals surface area (Å²) < 4.78 is 15.0. The van der Waals surface area contributed by atoms with Gasteiger partial charge in [0, 0.05) is 17.0 Å². The zero-order valence-electron chi connectivity index (χ0n) is 11.0. The average molecular weight is 262 g/mol. The van der Waals surface area contributed by atoms with Crippen LogP contribution in [0.25, 0.3) is 11.0 Å². The zero-order valence-corrected chi connectivity index (χ0v) is 11.0. The van der Waals surface area contributed by atoms with Crippen molar-refractivity contribution in [3.8, 4) is 5.75 Å². The summed E-state index contributed by atoms with van der Waals surface area (Å²) >= 11 is 0. The van der Waals surface area contributed by atoms with E-state index in [9.17, 15) is 9.59 Å². The summed E-state index contributed by atoms with van der Waals surface area (Å²) in [6.07, 6.45) is 0.0321. The fourth-order valence-corrected chi connectivity index (χ4v) is 2.00. The molecule has 0 aliphatic rings. The molecular formula is C14H14O5. The maximum absolute atomic E-state index is 11.6. The van der Waals surface area contributed by atoms with E-state index in [0.29, 0.717) is 22.3 Å². The van der Waals surface area contributed by atoms with E-state index in [-0.39, 0.29) is 6.42 Å². The van der Waals surface area contributed by atoms with Crippen LogP contribution in [-0.4, -0.2) is 20.2 Å². The van der Waals surface area contributed by atoms with Crippen LogP contribution in [0.3, 0.4) is 0 Å². The quantitative estimate of drug-likeness (QED) is 0.623. The van der Waals surface area contributed by atoms with Crippen molar-refractivity contribution < 1.29 is 18.7 Å². The molecule has 1 heterocycles. The van der Waals surface area contributed by atoms with Gasteiger partial charge in [-0.25, -0.2) is 4.79 Å². The summed E-state index contributed by atoms with van der Waals surface area (Å²) in [6.45, 7) is 1.80. The lowest BCUT2D eigenvalue weighted by Gasteiger charge is -2.09. The van der Waals surface area contributed by atoms with Crippen LogP contribution in [0.5, 0.6) is 5.75 Å². The third kappa shape index (κ3) is 2.45. The number of aryl methyl sites for hydroxylation is 1. The number of carbonyl (C=O) groups excluding carboxylic acids is 1. The lowest BCUT2D eigenvalue weighted by molar-refractivity contribution is -0.139. The molecule has 1 aromatic heterocycles. The third-order valence-corrected chi connectivity index (χ3v) is 2.98. The Morgan fingerprint density at radius 1 is 1.32 bits per heavy atom. The molecule has 1 aromatic carbocycles. The third-order valence-electron chi connectivity index (χ3n) is 2.98. The fraction of sp³-hybridized carbons (Fsp3) is 0.286. The van der Waals surface area contributed by atoms with E-state index >= 15 is 0 Å². The highest BCUT2D eigenvalue weighted by molar-refractivity contribution is 5.88. The van der Waals surface area contributed by atoms with Crippen molar-refractivity contribution in [2.75, 3.05) is 14.2 Å². The summed E-state index contributed by atoms with van der Waals surface area (Å²) in [5.74, 6) is 0.228. The zero-order chi connectivity index (χ0) is 14.0. The number of rotatable bonds is 3. The Morgan fingerprint density at radius 2 is 2.05 bits per heavy atom. The van der Waals surface area contributed by atoms with Crippen molar-refractivity contribution in [3.63, 3.8) is 0 Å². The highest BCUT2D eigenvalue weighted by atomic mass is 16.5. The SMILES string of the molecule is COC(=O)Cc1cc(=O)oc2c(C)c(OC)ccc12. The molecule has 0 saturated heterocycles. The first kappa shape index (κ1) is 13.1. The predicted molar refractivity (Wildman–Crippen MR) is 69.5 cm³/mol. The number of hydrogen-bond acceptors (Lipinski definition) is 5. The van der Waals surface area contributed by atoms with Crippen molar-refractivity contribution >= 4 is 16.9 Å². The Bertz CT molecular complexity index is 684. The van der Waals surface area contributed by atoms with Crippen LogP contribution >= 0.6 is 0 Å². The number of ether oxygens (including phenoxy) is 2. The van der Waals surface area contributed by atoms with Crippen LogP contribution < -0.4 is 10.4 Å². The van der Waals surface area contributed by atoms with Gasteiger partial charge in [0.05, 0.1) is 20.6 Å². The monoisotopic (exact) mass is 262 g/mol. The molecule has 19 heavy (non-hydrogen) atoms. The lowest BCUT2D eigenvalue weighted by atomic mass is 10.0. The summed E-state index contributed by atoms with van der Waals surface area (Å²) in [5, 5.41) is 0.711. The van der Waals surface area contributed by atoms with Gasteiger partial charge in [-0.15, -0.1) is 0 Å². The topological polar surface area (TPSA) is 65.7 Å². The number of esters is 1. The van der Waals surface area contributed by atoms with E-state index in [0.717, 1.165) is 5.56 Å². The molecule has 0 amide bonds. The Morgan fingerprint density at radius 3 is 2.68 bits per heavy atom. The second-order valence-electron chi connectivity index (χ2n) is 4.11. The van der Waals surface area contributed by atoms with Gasteiger partial charge in [0.15, 0.2) is 0 Å². The summed E-state index contributed by atoms with van der Waals surface area (Å²) in [5.41, 5.74) is 1.25. The van der Waals surface area contributed by atoms with Gasteiger partial charge in [-0.1, -0.05) is 0 Å². The molecule has 2 rings (SSSR count). The van der Waals surface area contributed by atoms with Crippen molar-refractivity contribution in [2.45, 2.75) is 13.3 Å². The predicted octanol–water partition coefficient (Wildman–Crippen LogP) is 1.83. The van der Waals surface area contributed by atoms with Crippen LogP contribution in [0, 0.1) is 6.92 Å². The second kappa shape index (κ2) is 5.14. The molecule has 2 aromatic rings. The molecule has 0 spiro atoms. The minimum Gasteiger partial charge on any atom is -0.496 e. The highest BCUT2D eigenvalue weighted by Gasteiger charge is 2.13. The van der Waals surface area contributed by atoms with E-state index in [1.54, 1.807) is 26.2 Å². The molecular weight excluding hydrogens is 248 g/mol. The molecule has 0 saturated carbocycles. The molecule has 100 valence electrons. The maximum Gasteiger partial charge on any atom is 0.336 e.